The van der Waals surface area contributed by atoms with Crippen molar-refractivity contribution in [2.45, 2.75) is 25.2 Å². The van der Waals surface area contributed by atoms with Crippen LogP contribution in [-0.4, -0.2) is 28.0 Å². The van der Waals surface area contributed by atoms with Crippen molar-refractivity contribution in [1.82, 2.24) is 4.72 Å². The van der Waals surface area contributed by atoms with Crippen LogP contribution in [0.4, 0.5) is 5.69 Å². The van der Waals surface area contributed by atoms with Crippen LogP contribution in [0.25, 0.3) is 0 Å². The largest absolute Gasteiger partial charge is 0.495 e. The van der Waals surface area contributed by atoms with Crippen molar-refractivity contribution in [3.05, 3.63) is 52.5 Å². The molecule has 0 spiro atoms. The molecule has 0 aliphatic carbocycles. The number of amides is 1. The summed E-state index contributed by atoms with van der Waals surface area (Å²) in [5, 5.41) is 3.12. The number of carbonyl (C=O) groups is 1. The Morgan fingerprint density at radius 1 is 1.12 bits per heavy atom. The maximum Gasteiger partial charge on any atom is 0.240 e. The first-order valence-corrected chi connectivity index (χ1v) is 9.79. The second kappa shape index (κ2) is 8.53. The lowest BCUT2D eigenvalue weighted by Gasteiger charge is -2.11. The number of benzene rings is 2. The van der Waals surface area contributed by atoms with Gasteiger partial charge in [0.2, 0.25) is 15.9 Å². The van der Waals surface area contributed by atoms with Gasteiger partial charge in [0, 0.05) is 18.0 Å². The molecule has 0 bridgehead atoms. The second-order valence-electron chi connectivity index (χ2n) is 5.79. The van der Waals surface area contributed by atoms with Crippen LogP contribution < -0.4 is 14.8 Å². The maximum absolute atomic E-state index is 12.3. The Kier molecular flexibility index (Phi) is 6.63. The summed E-state index contributed by atoms with van der Waals surface area (Å²) in [5.74, 6) is 0.117. The van der Waals surface area contributed by atoms with Crippen LogP contribution in [0, 0.1) is 13.8 Å². The number of hydrogen-bond donors (Lipinski definition) is 2. The molecule has 2 aromatic carbocycles. The molecule has 0 atom stereocenters. The van der Waals surface area contributed by atoms with Crippen molar-refractivity contribution >= 4 is 33.2 Å². The summed E-state index contributed by atoms with van der Waals surface area (Å²) in [6.45, 7) is 3.73. The molecule has 8 heteroatoms. The summed E-state index contributed by atoms with van der Waals surface area (Å²) in [5.41, 5.74) is 2.33. The van der Waals surface area contributed by atoms with Crippen LogP contribution in [0.5, 0.6) is 5.75 Å². The lowest BCUT2D eigenvalue weighted by Crippen LogP contribution is -2.28. The Balaban J connectivity index is 1.95. The fraction of sp³-hybridized carbons (Fsp3) is 0.278. The molecule has 0 heterocycles. The van der Waals surface area contributed by atoms with Gasteiger partial charge in [0.1, 0.15) is 5.75 Å². The number of sulfonamides is 1. The van der Waals surface area contributed by atoms with Gasteiger partial charge in [0.15, 0.2) is 0 Å². The van der Waals surface area contributed by atoms with Crippen molar-refractivity contribution in [2.24, 2.45) is 0 Å². The molecule has 0 aliphatic heterocycles. The van der Waals surface area contributed by atoms with Gasteiger partial charge in [0.25, 0.3) is 0 Å². The van der Waals surface area contributed by atoms with Gasteiger partial charge in [-0.2, -0.15) is 0 Å². The Morgan fingerprint density at radius 2 is 1.85 bits per heavy atom. The molecule has 1 amide bonds. The van der Waals surface area contributed by atoms with Crippen molar-refractivity contribution in [2.75, 3.05) is 19.0 Å². The molecule has 26 heavy (non-hydrogen) atoms. The fourth-order valence-corrected chi connectivity index (χ4v) is 3.54. The van der Waals surface area contributed by atoms with Crippen LogP contribution in [0.15, 0.2) is 41.3 Å². The van der Waals surface area contributed by atoms with E-state index in [2.05, 4.69) is 10.0 Å². The van der Waals surface area contributed by atoms with Crippen LogP contribution in [-0.2, 0) is 14.8 Å². The third-order valence-corrected chi connectivity index (χ3v) is 5.56. The smallest absolute Gasteiger partial charge is 0.240 e. The predicted molar refractivity (Wildman–Crippen MR) is 102 cm³/mol. The Bertz CT molecular complexity index is 913. The van der Waals surface area contributed by atoms with E-state index in [4.69, 9.17) is 16.3 Å². The number of halogens is 1. The quantitative estimate of drug-likeness (QED) is 0.752. The molecule has 0 aromatic heterocycles. The Labute approximate surface area is 158 Å². The molecule has 6 nitrogen and oxygen atoms in total. The van der Waals surface area contributed by atoms with Gasteiger partial charge in [-0.3, -0.25) is 4.79 Å². The van der Waals surface area contributed by atoms with Crippen LogP contribution in [0.2, 0.25) is 5.02 Å². The standard InChI is InChI=1S/C18H21ClN2O4S/c1-12-4-6-15(10-13(12)2)26(23,24)20-9-8-18(22)21-16-11-14(19)5-7-17(16)25-3/h4-7,10-11,20H,8-9H2,1-3H3,(H,21,22). The highest BCUT2D eigenvalue weighted by Gasteiger charge is 2.15. The van der Waals surface area contributed by atoms with Gasteiger partial charge < -0.3 is 10.1 Å². The first-order chi connectivity index (χ1) is 12.2. The van der Waals surface area contributed by atoms with E-state index in [-0.39, 0.29) is 23.8 Å². The zero-order valence-electron chi connectivity index (χ0n) is 14.8. The molecular formula is C18H21ClN2O4S. The SMILES string of the molecule is COc1ccc(Cl)cc1NC(=O)CCNS(=O)(=O)c1ccc(C)c(C)c1. The van der Waals surface area contributed by atoms with E-state index in [0.29, 0.717) is 16.5 Å². The number of carbonyl (C=O) groups excluding carboxylic acids is 1. The van der Waals surface area contributed by atoms with Gasteiger partial charge >= 0.3 is 0 Å². The van der Waals surface area contributed by atoms with Crippen molar-refractivity contribution < 1.29 is 17.9 Å². The van der Waals surface area contributed by atoms with E-state index in [1.165, 1.54) is 7.11 Å². The zero-order valence-corrected chi connectivity index (χ0v) is 16.4. The monoisotopic (exact) mass is 396 g/mol. The highest BCUT2D eigenvalue weighted by atomic mass is 35.5. The van der Waals surface area contributed by atoms with E-state index in [1.807, 2.05) is 13.8 Å². The lowest BCUT2D eigenvalue weighted by molar-refractivity contribution is -0.116. The third-order valence-electron chi connectivity index (χ3n) is 3.87. The van der Waals surface area contributed by atoms with Crippen LogP contribution in [0.1, 0.15) is 17.5 Å². The number of rotatable bonds is 7. The zero-order chi connectivity index (χ0) is 19.3. The maximum atomic E-state index is 12.3. The fourth-order valence-electron chi connectivity index (χ4n) is 2.25. The molecule has 0 radical (unpaired) electrons. The summed E-state index contributed by atoms with van der Waals surface area (Å²) in [6.07, 6.45) is -0.0280. The summed E-state index contributed by atoms with van der Waals surface area (Å²) < 4.78 is 32.2. The minimum absolute atomic E-state index is 0.0238. The van der Waals surface area contributed by atoms with Crippen molar-refractivity contribution in [3.8, 4) is 5.75 Å². The topological polar surface area (TPSA) is 84.5 Å². The summed E-state index contributed by atoms with van der Waals surface area (Å²) in [6, 6.07) is 9.75. The molecule has 0 fully saturated rings. The normalized spacial score (nSPS) is 11.2. The molecule has 0 saturated carbocycles. The van der Waals surface area contributed by atoms with E-state index >= 15 is 0 Å². The minimum Gasteiger partial charge on any atom is -0.495 e. The molecule has 0 saturated heterocycles. The molecule has 2 rings (SSSR count). The Morgan fingerprint density at radius 3 is 2.50 bits per heavy atom. The number of ether oxygens (including phenoxy) is 1. The van der Waals surface area contributed by atoms with E-state index in [9.17, 15) is 13.2 Å². The van der Waals surface area contributed by atoms with Crippen LogP contribution >= 0.6 is 11.6 Å². The molecule has 2 N–H and O–H groups in total. The van der Waals surface area contributed by atoms with E-state index < -0.39 is 10.0 Å². The number of nitrogens with one attached hydrogen (secondary N) is 2. The first-order valence-electron chi connectivity index (χ1n) is 7.93. The first kappa shape index (κ1) is 20.2. The molecule has 0 unspecified atom stereocenters. The highest BCUT2D eigenvalue weighted by Crippen LogP contribution is 2.27. The van der Waals surface area contributed by atoms with Gasteiger partial charge in [-0.05, 0) is 55.3 Å². The third kappa shape index (κ3) is 5.20. The number of methoxy groups -OCH3 is 1. The number of hydrogen-bond acceptors (Lipinski definition) is 4. The van der Waals surface area contributed by atoms with E-state index in [0.717, 1.165) is 11.1 Å². The van der Waals surface area contributed by atoms with Gasteiger partial charge in [-0.1, -0.05) is 17.7 Å². The number of aryl methyl sites for hydroxylation is 2. The predicted octanol–water partition coefficient (Wildman–Crippen LogP) is 3.27. The van der Waals surface area contributed by atoms with Gasteiger partial charge in [0.05, 0.1) is 17.7 Å². The summed E-state index contributed by atoms with van der Waals surface area (Å²) >= 11 is 5.91. The average molecular weight is 397 g/mol. The van der Waals surface area contributed by atoms with E-state index in [1.54, 1.807) is 36.4 Å². The van der Waals surface area contributed by atoms with Crippen molar-refractivity contribution in [1.29, 1.82) is 0 Å². The summed E-state index contributed by atoms with van der Waals surface area (Å²) in [7, 11) is -2.18. The summed E-state index contributed by atoms with van der Waals surface area (Å²) in [4.78, 5) is 12.2. The van der Waals surface area contributed by atoms with Gasteiger partial charge in [-0.25, -0.2) is 13.1 Å². The molecule has 0 aliphatic rings. The lowest BCUT2D eigenvalue weighted by atomic mass is 10.1. The molecular weight excluding hydrogens is 376 g/mol. The van der Waals surface area contributed by atoms with Gasteiger partial charge in [-0.15, -0.1) is 0 Å². The van der Waals surface area contributed by atoms with Crippen molar-refractivity contribution in [3.63, 3.8) is 0 Å². The highest BCUT2D eigenvalue weighted by molar-refractivity contribution is 7.89. The molecule has 2 aromatic rings. The second-order valence-corrected chi connectivity index (χ2v) is 7.99. The average Bonchev–Trinajstić information content (AvgIpc) is 2.57. The molecule has 140 valence electrons. The Hall–Kier alpha value is -2.09. The van der Waals surface area contributed by atoms with Crippen LogP contribution in [0.3, 0.4) is 0 Å². The number of anilines is 1. The minimum atomic E-state index is -3.66.